The van der Waals surface area contributed by atoms with Crippen molar-refractivity contribution < 1.29 is 14.2 Å². The number of para-hydroxylation sites is 1. The molecule has 2 aromatic carbocycles. The van der Waals surface area contributed by atoms with E-state index in [2.05, 4.69) is 40.7 Å². The van der Waals surface area contributed by atoms with Crippen LogP contribution in [-0.4, -0.2) is 52.5 Å². The number of hydrogen-bond donors (Lipinski definition) is 2. The van der Waals surface area contributed by atoms with Crippen LogP contribution in [0.15, 0.2) is 47.5 Å². The lowest BCUT2D eigenvalue weighted by molar-refractivity contribution is 0.336. The first-order chi connectivity index (χ1) is 15.7. The molecule has 7 nitrogen and oxygen atoms in total. The van der Waals surface area contributed by atoms with E-state index in [0.29, 0.717) is 19.2 Å². The number of guanidine groups is 1. The number of aliphatic imine (C=N–C) groups is 1. The summed E-state index contributed by atoms with van der Waals surface area (Å²) in [5.74, 6) is 3.37. The van der Waals surface area contributed by atoms with Crippen molar-refractivity contribution in [1.82, 2.24) is 10.6 Å². The van der Waals surface area contributed by atoms with Crippen molar-refractivity contribution in [1.29, 1.82) is 0 Å². The van der Waals surface area contributed by atoms with E-state index in [4.69, 9.17) is 19.2 Å². The Morgan fingerprint density at radius 2 is 1.72 bits per heavy atom. The lowest BCUT2D eigenvalue weighted by atomic mass is 10.0. The van der Waals surface area contributed by atoms with Crippen molar-refractivity contribution in [3.8, 4) is 17.2 Å². The van der Waals surface area contributed by atoms with E-state index in [-0.39, 0.29) is 0 Å². The topological polar surface area (TPSA) is 67.4 Å². The lowest BCUT2D eigenvalue weighted by Gasteiger charge is -2.34. The summed E-state index contributed by atoms with van der Waals surface area (Å²) >= 11 is 0. The van der Waals surface area contributed by atoms with Crippen LogP contribution in [-0.2, 0) is 6.54 Å². The zero-order chi connectivity index (χ0) is 22.8. The van der Waals surface area contributed by atoms with Crippen LogP contribution in [0.1, 0.15) is 32.3 Å². The summed E-state index contributed by atoms with van der Waals surface area (Å²) in [5, 5.41) is 6.99. The van der Waals surface area contributed by atoms with Gasteiger partial charge in [-0.3, -0.25) is 0 Å². The van der Waals surface area contributed by atoms with Gasteiger partial charge in [0.05, 0.1) is 27.4 Å². The average Bonchev–Trinajstić information content (AvgIpc) is 2.83. The largest absolute Gasteiger partial charge is 0.497 e. The Kier molecular flexibility index (Phi) is 8.90. The average molecular weight is 441 g/mol. The Bertz CT molecular complexity index is 857. The molecule has 2 N–H and O–H groups in total. The third kappa shape index (κ3) is 6.45. The van der Waals surface area contributed by atoms with Crippen molar-refractivity contribution in [3.63, 3.8) is 0 Å². The Balaban J connectivity index is 1.60. The fraction of sp³-hybridized carbons (Fsp3) is 0.480. The molecule has 2 aromatic rings. The molecule has 0 aliphatic carbocycles. The molecule has 3 rings (SSSR count). The minimum absolute atomic E-state index is 0.374. The maximum atomic E-state index is 5.73. The summed E-state index contributed by atoms with van der Waals surface area (Å²) in [6.45, 7) is 8.05. The summed E-state index contributed by atoms with van der Waals surface area (Å²) in [7, 11) is 3.37. The zero-order valence-corrected chi connectivity index (χ0v) is 19.7. The van der Waals surface area contributed by atoms with Crippen molar-refractivity contribution in [2.24, 2.45) is 4.99 Å². The SMILES string of the molecule is CCNC(=NCc1ccccc1OCC)NC1CCN(c2cc(OC)cc(OC)c2)CC1. The molecule has 1 aliphatic rings. The highest BCUT2D eigenvalue weighted by molar-refractivity contribution is 5.80. The van der Waals surface area contributed by atoms with Crippen LogP contribution in [0.25, 0.3) is 0 Å². The third-order valence-corrected chi connectivity index (χ3v) is 5.56. The van der Waals surface area contributed by atoms with Gasteiger partial charge in [-0.05, 0) is 32.8 Å². The van der Waals surface area contributed by atoms with Crippen LogP contribution in [0.3, 0.4) is 0 Å². The number of ether oxygens (including phenoxy) is 3. The summed E-state index contributed by atoms with van der Waals surface area (Å²) in [6, 6.07) is 14.5. The van der Waals surface area contributed by atoms with Gasteiger partial charge in [0.2, 0.25) is 0 Å². The molecule has 0 spiro atoms. The van der Waals surface area contributed by atoms with E-state index >= 15 is 0 Å². The molecule has 174 valence electrons. The van der Waals surface area contributed by atoms with Crippen LogP contribution >= 0.6 is 0 Å². The Morgan fingerprint density at radius 1 is 1.03 bits per heavy atom. The first kappa shape index (κ1) is 23.6. The summed E-state index contributed by atoms with van der Waals surface area (Å²) in [4.78, 5) is 7.19. The van der Waals surface area contributed by atoms with Crippen LogP contribution in [0, 0.1) is 0 Å². The summed E-state index contributed by atoms with van der Waals surface area (Å²) < 4.78 is 16.6. The van der Waals surface area contributed by atoms with Crippen molar-refractivity contribution in [2.45, 2.75) is 39.3 Å². The fourth-order valence-corrected chi connectivity index (χ4v) is 3.87. The number of nitrogens with zero attached hydrogens (tertiary/aromatic N) is 2. The van der Waals surface area contributed by atoms with Gasteiger partial charge in [0.15, 0.2) is 5.96 Å². The first-order valence-electron chi connectivity index (χ1n) is 11.4. The van der Waals surface area contributed by atoms with Gasteiger partial charge in [-0.1, -0.05) is 18.2 Å². The normalized spacial score (nSPS) is 14.8. The quantitative estimate of drug-likeness (QED) is 0.456. The number of methoxy groups -OCH3 is 2. The van der Waals surface area contributed by atoms with Gasteiger partial charge in [-0.25, -0.2) is 4.99 Å². The molecule has 1 fully saturated rings. The van der Waals surface area contributed by atoms with Gasteiger partial charge in [0.1, 0.15) is 17.2 Å². The highest BCUT2D eigenvalue weighted by Gasteiger charge is 2.21. The number of nitrogens with one attached hydrogen (secondary N) is 2. The van der Waals surface area contributed by atoms with Crippen LogP contribution < -0.4 is 29.7 Å². The van der Waals surface area contributed by atoms with Gasteiger partial charge in [-0.2, -0.15) is 0 Å². The second kappa shape index (κ2) is 12.1. The Morgan fingerprint density at radius 3 is 2.34 bits per heavy atom. The maximum absolute atomic E-state index is 5.73. The smallest absolute Gasteiger partial charge is 0.191 e. The summed E-state index contributed by atoms with van der Waals surface area (Å²) in [5.41, 5.74) is 2.22. The second-order valence-corrected chi connectivity index (χ2v) is 7.71. The molecular weight excluding hydrogens is 404 g/mol. The fourth-order valence-electron chi connectivity index (χ4n) is 3.87. The summed E-state index contributed by atoms with van der Waals surface area (Å²) in [6.07, 6.45) is 2.05. The molecule has 0 amide bonds. The second-order valence-electron chi connectivity index (χ2n) is 7.71. The molecule has 0 aromatic heterocycles. The maximum Gasteiger partial charge on any atom is 0.191 e. The number of piperidine rings is 1. The van der Waals surface area contributed by atoms with Gasteiger partial charge in [0, 0.05) is 55.1 Å². The Hall–Kier alpha value is -3.09. The van der Waals surface area contributed by atoms with Crippen molar-refractivity contribution in [2.75, 3.05) is 45.4 Å². The molecule has 7 heteroatoms. The van der Waals surface area contributed by atoms with Crippen LogP contribution in [0.5, 0.6) is 17.2 Å². The van der Waals surface area contributed by atoms with E-state index < -0.39 is 0 Å². The van der Waals surface area contributed by atoms with Crippen molar-refractivity contribution in [3.05, 3.63) is 48.0 Å². The van der Waals surface area contributed by atoms with E-state index in [0.717, 1.165) is 66.9 Å². The monoisotopic (exact) mass is 440 g/mol. The predicted octanol–water partition coefficient (Wildman–Crippen LogP) is 3.83. The number of anilines is 1. The zero-order valence-electron chi connectivity index (χ0n) is 19.7. The highest BCUT2D eigenvalue weighted by atomic mass is 16.5. The molecule has 0 atom stereocenters. The van der Waals surface area contributed by atoms with E-state index in [1.807, 2.05) is 31.2 Å². The minimum Gasteiger partial charge on any atom is -0.497 e. The number of rotatable bonds is 9. The first-order valence-corrected chi connectivity index (χ1v) is 11.4. The molecule has 1 saturated heterocycles. The molecule has 0 bridgehead atoms. The molecule has 0 radical (unpaired) electrons. The molecule has 1 aliphatic heterocycles. The van der Waals surface area contributed by atoms with Gasteiger partial charge >= 0.3 is 0 Å². The predicted molar refractivity (Wildman–Crippen MR) is 130 cm³/mol. The van der Waals surface area contributed by atoms with Crippen LogP contribution in [0.4, 0.5) is 5.69 Å². The molecule has 0 unspecified atom stereocenters. The van der Waals surface area contributed by atoms with Crippen LogP contribution in [0.2, 0.25) is 0 Å². The number of hydrogen-bond acceptors (Lipinski definition) is 5. The molecule has 0 saturated carbocycles. The van der Waals surface area contributed by atoms with Gasteiger partial charge in [-0.15, -0.1) is 0 Å². The lowest BCUT2D eigenvalue weighted by Crippen LogP contribution is -2.48. The Labute approximate surface area is 191 Å². The van der Waals surface area contributed by atoms with E-state index in [1.54, 1.807) is 14.2 Å². The van der Waals surface area contributed by atoms with Gasteiger partial charge in [0.25, 0.3) is 0 Å². The highest BCUT2D eigenvalue weighted by Crippen LogP contribution is 2.30. The molecule has 1 heterocycles. The standard InChI is InChI=1S/C25H36N4O3/c1-5-26-25(27-18-19-9-7-8-10-24(19)32-6-2)28-20-11-13-29(14-12-20)21-15-22(30-3)17-23(16-21)31-4/h7-10,15-17,20H,5-6,11-14,18H2,1-4H3,(H2,26,27,28). The van der Waals surface area contributed by atoms with Crippen molar-refractivity contribution >= 4 is 11.6 Å². The molecular formula is C25H36N4O3. The molecule has 32 heavy (non-hydrogen) atoms. The third-order valence-electron chi connectivity index (χ3n) is 5.56. The minimum atomic E-state index is 0.374. The van der Waals surface area contributed by atoms with E-state index in [1.165, 1.54) is 0 Å². The number of benzene rings is 2. The van der Waals surface area contributed by atoms with Gasteiger partial charge < -0.3 is 29.7 Å². The van der Waals surface area contributed by atoms with E-state index in [9.17, 15) is 0 Å².